The first-order valence-electron chi connectivity index (χ1n) is 9.81. The highest BCUT2D eigenvalue weighted by atomic mass is 32.1. The number of nitrogens with zero attached hydrogens (tertiary/aromatic N) is 4. The van der Waals surface area contributed by atoms with E-state index in [-0.39, 0.29) is 0 Å². The van der Waals surface area contributed by atoms with E-state index < -0.39 is 0 Å². The van der Waals surface area contributed by atoms with Gasteiger partial charge in [0.25, 0.3) is 0 Å². The third-order valence-electron chi connectivity index (χ3n) is 6.19. The van der Waals surface area contributed by atoms with E-state index in [1.807, 2.05) is 24.8 Å². The van der Waals surface area contributed by atoms with Crippen LogP contribution in [-0.2, 0) is 4.74 Å². The molecule has 3 aromatic heterocycles. The molecule has 0 aromatic carbocycles. The zero-order valence-electron chi connectivity index (χ0n) is 15.3. The van der Waals surface area contributed by atoms with Crippen molar-refractivity contribution in [3.05, 3.63) is 36.4 Å². The van der Waals surface area contributed by atoms with Crippen molar-refractivity contribution in [2.24, 2.45) is 0 Å². The minimum Gasteiger partial charge on any atom is -0.379 e. The van der Waals surface area contributed by atoms with Gasteiger partial charge in [-0.3, -0.25) is 14.0 Å². The van der Waals surface area contributed by atoms with Crippen LogP contribution in [0, 0.1) is 0 Å². The quantitative estimate of drug-likeness (QED) is 0.680. The highest BCUT2D eigenvalue weighted by molar-refractivity contribution is 7.78. The second-order valence-electron chi connectivity index (χ2n) is 7.67. The van der Waals surface area contributed by atoms with Crippen molar-refractivity contribution in [1.82, 2.24) is 24.1 Å². The van der Waals surface area contributed by atoms with E-state index in [2.05, 4.69) is 34.0 Å². The van der Waals surface area contributed by atoms with Crippen LogP contribution in [0.4, 0.5) is 0 Å². The average Bonchev–Trinajstić information content (AvgIpc) is 3.37. The first-order chi connectivity index (χ1) is 13.3. The van der Waals surface area contributed by atoms with E-state index >= 15 is 0 Å². The normalized spacial score (nSPS) is 24.5. The summed E-state index contributed by atoms with van der Waals surface area (Å²) in [5.41, 5.74) is 4.46. The van der Waals surface area contributed by atoms with Crippen LogP contribution >= 0.6 is 12.8 Å². The van der Waals surface area contributed by atoms with Crippen molar-refractivity contribution in [1.29, 1.82) is 0 Å². The van der Waals surface area contributed by atoms with Gasteiger partial charge in [0.15, 0.2) is 0 Å². The predicted molar refractivity (Wildman–Crippen MR) is 109 cm³/mol. The number of thiol groups is 1. The molecule has 0 amide bonds. The van der Waals surface area contributed by atoms with E-state index in [4.69, 9.17) is 9.72 Å². The number of hydrogen-bond donors (Lipinski definition) is 2. The van der Waals surface area contributed by atoms with Crippen molar-refractivity contribution in [2.45, 2.75) is 37.6 Å². The summed E-state index contributed by atoms with van der Waals surface area (Å²) in [6.07, 6.45) is 12.8. The second-order valence-corrected chi connectivity index (χ2v) is 8.10. The maximum Gasteiger partial charge on any atom is 0.150 e. The van der Waals surface area contributed by atoms with Crippen molar-refractivity contribution >= 4 is 23.8 Å². The fourth-order valence-electron chi connectivity index (χ4n) is 4.68. The molecule has 0 spiro atoms. The molecule has 1 aliphatic heterocycles. The number of rotatable bonds is 3. The first kappa shape index (κ1) is 17.3. The third kappa shape index (κ3) is 3.28. The zero-order valence-corrected chi connectivity index (χ0v) is 16.2. The van der Waals surface area contributed by atoms with Crippen LogP contribution in [0.15, 0.2) is 30.9 Å². The summed E-state index contributed by atoms with van der Waals surface area (Å²) in [6.45, 7) is 3.95. The van der Waals surface area contributed by atoms with Gasteiger partial charge in [0.1, 0.15) is 5.65 Å². The van der Waals surface area contributed by atoms with Crippen LogP contribution in [0.25, 0.3) is 22.2 Å². The Morgan fingerprint density at radius 3 is 2.67 bits per heavy atom. The van der Waals surface area contributed by atoms with E-state index in [1.165, 1.54) is 31.2 Å². The van der Waals surface area contributed by atoms with Gasteiger partial charge in [-0.1, -0.05) is 12.8 Å². The fraction of sp³-hybridized carbons (Fsp3) is 0.500. The van der Waals surface area contributed by atoms with Crippen LogP contribution in [0.5, 0.6) is 0 Å². The Morgan fingerprint density at radius 2 is 1.93 bits per heavy atom. The molecular weight excluding hydrogens is 358 g/mol. The zero-order chi connectivity index (χ0) is 18.2. The Hall–Kier alpha value is -1.83. The van der Waals surface area contributed by atoms with E-state index in [9.17, 15) is 0 Å². The van der Waals surface area contributed by atoms with Gasteiger partial charge in [-0.25, -0.2) is 4.98 Å². The summed E-state index contributed by atoms with van der Waals surface area (Å²) in [7, 11) is 0. The summed E-state index contributed by atoms with van der Waals surface area (Å²) >= 11 is 4.54. The maximum atomic E-state index is 5.50. The molecular formula is C20H25N5OS. The number of nitrogens with one attached hydrogen (secondary N) is 1. The fourth-order valence-corrected chi connectivity index (χ4v) is 4.95. The van der Waals surface area contributed by atoms with Gasteiger partial charge >= 0.3 is 0 Å². The van der Waals surface area contributed by atoms with Crippen molar-refractivity contribution in [3.8, 4) is 11.1 Å². The van der Waals surface area contributed by atoms with Crippen LogP contribution < -0.4 is 0 Å². The largest absolute Gasteiger partial charge is 0.379 e. The number of H-pyrrole nitrogens is 1. The van der Waals surface area contributed by atoms with Crippen LogP contribution in [0.2, 0.25) is 0 Å². The highest BCUT2D eigenvalue weighted by Gasteiger charge is 2.28. The molecule has 1 saturated carbocycles. The van der Waals surface area contributed by atoms with Crippen molar-refractivity contribution < 1.29 is 4.74 Å². The van der Waals surface area contributed by atoms with E-state index in [0.717, 1.165) is 54.5 Å². The SMILES string of the molecule is Sn1cc(-c2cn[nH]c2)c2cc([C@H]3CC[C@H](N4CCOCC4)CC3)cnc21. The number of fused-ring (bicyclic) bond motifs is 1. The van der Waals surface area contributed by atoms with Crippen LogP contribution in [-0.4, -0.2) is 56.4 Å². The molecule has 0 unspecified atom stereocenters. The summed E-state index contributed by atoms with van der Waals surface area (Å²) < 4.78 is 7.30. The lowest BCUT2D eigenvalue weighted by Crippen LogP contribution is -2.44. The Kier molecular flexibility index (Phi) is 4.67. The molecule has 4 heterocycles. The predicted octanol–water partition coefficient (Wildman–Crippen LogP) is 3.48. The standard InChI is InChI=1S/C20H25N5OS/c27-25-13-19(16-11-22-23-12-16)18-9-15(10-21-20(18)25)14-1-3-17(4-2-14)24-5-7-26-8-6-24/h9-14,17,27H,1-8H2,(H,22,23)/t14-,17-. The van der Waals surface area contributed by atoms with Crippen LogP contribution in [0.1, 0.15) is 37.2 Å². The molecule has 2 aliphatic rings. The van der Waals surface area contributed by atoms with Gasteiger partial charge in [0.2, 0.25) is 0 Å². The van der Waals surface area contributed by atoms with Gasteiger partial charge in [-0.05, 0) is 43.2 Å². The first-order valence-corrected chi connectivity index (χ1v) is 10.2. The molecule has 2 fully saturated rings. The van der Waals surface area contributed by atoms with Gasteiger partial charge in [-0.2, -0.15) is 5.10 Å². The molecule has 27 heavy (non-hydrogen) atoms. The Labute approximate surface area is 164 Å². The van der Waals surface area contributed by atoms with Gasteiger partial charge in [0.05, 0.1) is 19.4 Å². The lowest BCUT2D eigenvalue weighted by atomic mass is 9.81. The smallest absolute Gasteiger partial charge is 0.150 e. The van der Waals surface area contributed by atoms with Gasteiger partial charge < -0.3 is 4.74 Å². The number of ether oxygens (including phenoxy) is 1. The number of aromatic amines is 1. The average molecular weight is 384 g/mol. The molecule has 142 valence electrons. The summed E-state index contributed by atoms with van der Waals surface area (Å²) in [6, 6.07) is 3.04. The molecule has 3 aromatic rings. The van der Waals surface area contributed by atoms with E-state index in [0.29, 0.717) is 5.92 Å². The maximum absolute atomic E-state index is 5.50. The van der Waals surface area contributed by atoms with Crippen molar-refractivity contribution in [3.63, 3.8) is 0 Å². The molecule has 1 aliphatic carbocycles. The molecule has 7 heteroatoms. The van der Waals surface area contributed by atoms with Gasteiger partial charge in [-0.15, -0.1) is 0 Å². The van der Waals surface area contributed by atoms with Crippen LogP contribution in [0.3, 0.4) is 0 Å². The van der Waals surface area contributed by atoms with E-state index in [1.54, 1.807) is 3.97 Å². The Bertz CT molecular complexity index is 908. The second kappa shape index (κ2) is 7.30. The third-order valence-corrected chi connectivity index (χ3v) is 6.49. The minimum atomic E-state index is 0.597. The number of morpholine rings is 1. The molecule has 1 saturated heterocycles. The van der Waals surface area contributed by atoms with Crippen molar-refractivity contribution in [2.75, 3.05) is 26.3 Å². The Morgan fingerprint density at radius 1 is 1.11 bits per heavy atom. The molecule has 5 rings (SSSR count). The summed E-state index contributed by atoms with van der Waals surface area (Å²) in [5, 5.41) is 8.14. The molecule has 0 bridgehead atoms. The molecule has 0 atom stereocenters. The lowest BCUT2D eigenvalue weighted by Gasteiger charge is -2.38. The number of aromatic nitrogens is 4. The summed E-state index contributed by atoms with van der Waals surface area (Å²) in [5.74, 6) is 0.597. The number of hydrogen-bond acceptors (Lipinski definition) is 5. The molecule has 1 N–H and O–H groups in total. The highest BCUT2D eigenvalue weighted by Crippen LogP contribution is 2.37. The minimum absolute atomic E-state index is 0.597. The van der Waals surface area contributed by atoms with Gasteiger partial charge in [0, 0.05) is 54.2 Å². The lowest BCUT2D eigenvalue weighted by molar-refractivity contribution is 0.00729. The number of pyridine rings is 1. The Balaban J connectivity index is 1.37. The molecule has 6 nitrogen and oxygen atoms in total. The molecule has 0 radical (unpaired) electrons. The monoisotopic (exact) mass is 383 g/mol. The summed E-state index contributed by atoms with van der Waals surface area (Å²) in [4.78, 5) is 7.35. The topological polar surface area (TPSA) is 59.0 Å².